The van der Waals surface area contributed by atoms with E-state index in [1.807, 2.05) is 30.5 Å². The molecule has 0 saturated carbocycles. The highest BCUT2D eigenvalue weighted by atomic mass is 16.5. The van der Waals surface area contributed by atoms with Gasteiger partial charge in [-0.05, 0) is 41.8 Å². The second kappa shape index (κ2) is 8.15. The van der Waals surface area contributed by atoms with Gasteiger partial charge in [-0.2, -0.15) is 0 Å². The molecular formula is C20H22N4O. The van der Waals surface area contributed by atoms with Crippen molar-refractivity contribution in [1.29, 1.82) is 0 Å². The maximum atomic E-state index is 5.87. The van der Waals surface area contributed by atoms with Crippen LogP contribution >= 0.6 is 0 Å². The van der Waals surface area contributed by atoms with Crippen molar-refractivity contribution in [3.8, 4) is 16.9 Å². The molecule has 0 aliphatic heterocycles. The molecule has 0 fully saturated rings. The number of pyridine rings is 2. The first-order chi connectivity index (χ1) is 12.3. The molecule has 3 rings (SSSR count). The maximum absolute atomic E-state index is 5.87. The van der Waals surface area contributed by atoms with Gasteiger partial charge in [0.25, 0.3) is 0 Å². The Kier molecular flexibility index (Phi) is 5.46. The van der Waals surface area contributed by atoms with E-state index in [1.54, 1.807) is 12.4 Å². The van der Waals surface area contributed by atoms with Gasteiger partial charge >= 0.3 is 0 Å². The smallest absolute Gasteiger partial charge is 0.146 e. The molecule has 0 aliphatic carbocycles. The number of hydrogen-bond acceptors (Lipinski definition) is 5. The van der Waals surface area contributed by atoms with Gasteiger partial charge in [-0.25, -0.2) is 4.98 Å². The largest absolute Gasteiger partial charge is 0.492 e. The average Bonchev–Trinajstić information content (AvgIpc) is 2.66. The van der Waals surface area contributed by atoms with Crippen LogP contribution in [0, 0.1) is 0 Å². The quantitative estimate of drug-likeness (QED) is 0.680. The Bertz CT molecular complexity index is 835. The molecule has 25 heavy (non-hydrogen) atoms. The number of benzene rings is 1. The van der Waals surface area contributed by atoms with Crippen LogP contribution in [0.25, 0.3) is 11.1 Å². The number of hydrogen-bond donors (Lipinski definition) is 2. The van der Waals surface area contributed by atoms with E-state index in [9.17, 15) is 0 Å². The van der Waals surface area contributed by atoms with E-state index in [4.69, 9.17) is 10.5 Å². The minimum absolute atomic E-state index is 0.503. The molecule has 0 unspecified atom stereocenters. The zero-order valence-corrected chi connectivity index (χ0v) is 14.3. The Balaban J connectivity index is 1.74. The summed E-state index contributed by atoms with van der Waals surface area (Å²) in [7, 11) is 0. The van der Waals surface area contributed by atoms with Gasteiger partial charge in [0, 0.05) is 24.5 Å². The van der Waals surface area contributed by atoms with Gasteiger partial charge in [0.1, 0.15) is 11.6 Å². The molecular weight excluding hydrogens is 312 g/mol. The van der Waals surface area contributed by atoms with E-state index in [0.29, 0.717) is 19.0 Å². The summed E-state index contributed by atoms with van der Waals surface area (Å²) in [6.45, 7) is 3.45. The Hall–Kier alpha value is -3.08. The summed E-state index contributed by atoms with van der Waals surface area (Å²) in [6, 6.07) is 14.1. The molecule has 0 bridgehead atoms. The maximum Gasteiger partial charge on any atom is 0.146 e. The van der Waals surface area contributed by atoms with Crippen LogP contribution in [0.15, 0.2) is 61.1 Å². The number of aromatic nitrogens is 2. The average molecular weight is 334 g/mol. The van der Waals surface area contributed by atoms with Crippen molar-refractivity contribution in [2.24, 2.45) is 0 Å². The highest BCUT2D eigenvalue weighted by Gasteiger charge is 2.04. The van der Waals surface area contributed by atoms with Crippen LogP contribution in [0.2, 0.25) is 0 Å². The third-order valence-corrected chi connectivity index (χ3v) is 3.77. The first kappa shape index (κ1) is 16.8. The SMILES string of the molecule is CCCOc1cncc(-c2cccc(CNc3cccnc3N)c2)c1. The van der Waals surface area contributed by atoms with Crippen molar-refractivity contribution in [3.05, 3.63) is 66.6 Å². The monoisotopic (exact) mass is 334 g/mol. The number of nitrogens with one attached hydrogen (secondary N) is 1. The van der Waals surface area contributed by atoms with Crippen molar-refractivity contribution in [2.45, 2.75) is 19.9 Å². The second-order valence-corrected chi connectivity index (χ2v) is 5.75. The summed E-state index contributed by atoms with van der Waals surface area (Å²) in [5.41, 5.74) is 10.0. The number of rotatable bonds is 7. The van der Waals surface area contributed by atoms with E-state index in [0.717, 1.165) is 34.5 Å². The summed E-state index contributed by atoms with van der Waals surface area (Å²) in [5, 5.41) is 3.32. The molecule has 2 heterocycles. The summed E-state index contributed by atoms with van der Waals surface area (Å²) in [6.07, 6.45) is 6.25. The van der Waals surface area contributed by atoms with Crippen molar-refractivity contribution in [3.63, 3.8) is 0 Å². The van der Waals surface area contributed by atoms with Crippen LogP contribution in [0.4, 0.5) is 11.5 Å². The minimum Gasteiger partial charge on any atom is -0.492 e. The highest BCUT2D eigenvalue weighted by Crippen LogP contribution is 2.24. The molecule has 0 amide bonds. The molecule has 2 aromatic heterocycles. The lowest BCUT2D eigenvalue weighted by atomic mass is 10.0. The molecule has 0 spiro atoms. The van der Waals surface area contributed by atoms with Crippen molar-refractivity contribution < 1.29 is 4.74 Å². The van der Waals surface area contributed by atoms with Crippen molar-refractivity contribution in [1.82, 2.24) is 9.97 Å². The number of nitrogen functional groups attached to an aromatic ring is 1. The van der Waals surface area contributed by atoms with Crippen LogP contribution in [-0.2, 0) is 6.54 Å². The van der Waals surface area contributed by atoms with Crippen LogP contribution in [0.3, 0.4) is 0 Å². The number of nitrogens with zero attached hydrogens (tertiary/aromatic N) is 2. The summed E-state index contributed by atoms with van der Waals surface area (Å²) >= 11 is 0. The van der Waals surface area contributed by atoms with Crippen LogP contribution in [-0.4, -0.2) is 16.6 Å². The predicted octanol–water partition coefficient (Wildman–Crippen LogP) is 4.13. The Morgan fingerprint density at radius 2 is 2.00 bits per heavy atom. The molecule has 0 radical (unpaired) electrons. The van der Waals surface area contributed by atoms with Crippen LogP contribution in [0.5, 0.6) is 5.75 Å². The number of ether oxygens (including phenoxy) is 1. The lowest BCUT2D eigenvalue weighted by Gasteiger charge is -2.10. The molecule has 5 nitrogen and oxygen atoms in total. The van der Waals surface area contributed by atoms with E-state index in [2.05, 4.69) is 40.4 Å². The van der Waals surface area contributed by atoms with E-state index in [1.165, 1.54) is 0 Å². The molecule has 5 heteroatoms. The molecule has 3 aromatic rings. The third-order valence-electron chi connectivity index (χ3n) is 3.77. The fraction of sp³-hybridized carbons (Fsp3) is 0.200. The fourth-order valence-corrected chi connectivity index (χ4v) is 2.50. The molecule has 0 aliphatic rings. The predicted molar refractivity (Wildman–Crippen MR) is 101 cm³/mol. The summed E-state index contributed by atoms with van der Waals surface area (Å²) in [5.74, 6) is 1.30. The minimum atomic E-state index is 0.503. The molecule has 128 valence electrons. The van der Waals surface area contributed by atoms with Crippen molar-refractivity contribution in [2.75, 3.05) is 17.7 Å². The normalized spacial score (nSPS) is 10.4. The first-order valence-corrected chi connectivity index (χ1v) is 8.38. The Labute approximate surface area is 147 Å². The van der Waals surface area contributed by atoms with Gasteiger partial charge in [-0.1, -0.05) is 25.1 Å². The van der Waals surface area contributed by atoms with Gasteiger partial charge in [0.15, 0.2) is 0 Å². The molecule has 3 N–H and O–H groups in total. The van der Waals surface area contributed by atoms with E-state index >= 15 is 0 Å². The van der Waals surface area contributed by atoms with Gasteiger partial charge < -0.3 is 15.8 Å². The van der Waals surface area contributed by atoms with Crippen molar-refractivity contribution >= 4 is 11.5 Å². The van der Waals surface area contributed by atoms with E-state index in [-0.39, 0.29) is 0 Å². The van der Waals surface area contributed by atoms with E-state index < -0.39 is 0 Å². The van der Waals surface area contributed by atoms with Gasteiger partial charge in [-0.15, -0.1) is 0 Å². The van der Waals surface area contributed by atoms with Gasteiger partial charge in [0.05, 0.1) is 18.5 Å². The Morgan fingerprint density at radius 1 is 1.08 bits per heavy atom. The summed E-state index contributed by atoms with van der Waals surface area (Å²) < 4.78 is 5.67. The van der Waals surface area contributed by atoms with Gasteiger partial charge in [0.2, 0.25) is 0 Å². The number of anilines is 2. The second-order valence-electron chi connectivity index (χ2n) is 5.75. The zero-order valence-electron chi connectivity index (χ0n) is 14.3. The molecule has 0 saturated heterocycles. The molecule has 0 atom stereocenters. The Morgan fingerprint density at radius 3 is 2.84 bits per heavy atom. The number of nitrogens with two attached hydrogens (primary N) is 1. The topological polar surface area (TPSA) is 73.1 Å². The summed E-state index contributed by atoms with van der Waals surface area (Å²) in [4.78, 5) is 8.37. The van der Waals surface area contributed by atoms with Crippen LogP contribution < -0.4 is 15.8 Å². The fourth-order valence-electron chi connectivity index (χ4n) is 2.50. The first-order valence-electron chi connectivity index (χ1n) is 8.38. The van der Waals surface area contributed by atoms with Crippen LogP contribution in [0.1, 0.15) is 18.9 Å². The standard InChI is InChI=1S/C20H22N4O/c1-2-9-25-18-11-17(13-22-14-18)16-6-3-5-15(10-16)12-24-19-7-4-8-23-20(19)21/h3-8,10-11,13-14,24H,2,9,12H2,1H3,(H2,21,23). The zero-order chi connectivity index (χ0) is 17.5. The lowest BCUT2D eigenvalue weighted by molar-refractivity contribution is 0.316. The third kappa shape index (κ3) is 4.47. The van der Waals surface area contributed by atoms with Gasteiger partial charge in [-0.3, -0.25) is 4.98 Å². The highest BCUT2D eigenvalue weighted by molar-refractivity contribution is 5.65. The lowest BCUT2D eigenvalue weighted by Crippen LogP contribution is -2.03. The molecule has 1 aromatic carbocycles.